The quantitative estimate of drug-likeness (QED) is 0.903. The van der Waals surface area contributed by atoms with Crippen molar-refractivity contribution >= 4 is 15.9 Å². The van der Waals surface area contributed by atoms with E-state index >= 15 is 0 Å². The summed E-state index contributed by atoms with van der Waals surface area (Å²) < 4.78 is 1.06. The molecule has 1 aromatic carbocycles. The van der Waals surface area contributed by atoms with Crippen molar-refractivity contribution in [2.75, 3.05) is 13.6 Å². The topological polar surface area (TPSA) is 40.7 Å². The van der Waals surface area contributed by atoms with E-state index in [1.54, 1.807) is 0 Å². The second kappa shape index (κ2) is 5.27. The maximum absolute atomic E-state index is 4.34. The van der Waals surface area contributed by atoms with Gasteiger partial charge in [-0.15, -0.1) is 0 Å². The van der Waals surface area contributed by atoms with E-state index in [1.807, 2.05) is 25.2 Å². The summed E-state index contributed by atoms with van der Waals surface area (Å²) in [5, 5.41) is 10.5. The van der Waals surface area contributed by atoms with Gasteiger partial charge in [0.15, 0.2) is 0 Å². The summed E-state index contributed by atoms with van der Waals surface area (Å²) in [7, 11) is 1.95. The van der Waals surface area contributed by atoms with Crippen LogP contribution < -0.4 is 5.32 Å². The molecule has 84 valence electrons. The van der Waals surface area contributed by atoms with Gasteiger partial charge in [-0.25, -0.2) is 0 Å². The summed E-state index contributed by atoms with van der Waals surface area (Å²) in [6, 6.07) is 10.2. The number of nitrogens with zero attached hydrogens (tertiary/aromatic N) is 1. The minimum Gasteiger partial charge on any atom is -0.319 e. The van der Waals surface area contributed by atoms with Crippen molar-refractivity contribution in [1.82, 2.24) is 15.5 Å². The Morgan fingerprint density at radius 1 is 1.31 bits per heavy atom. The molecule has 3 nitrogen and oxygen atoms in total. The molecule has 0 spiro atoms. The third kappa shape index (κ3) is 2.33. The molecule has 0 fully saturated rings. The number of H-pyrrole nitrogens is 1. The number of hydrogen-bond acceptors (Lipinski definition) is 2. The number of hydrogen-bond donors (Lipinski definition) is 2. The Bertz CT molecular complexity index is 451. The van der Waals surface area contributed by atoms with E-state index in [0.29, 0.717) is 0 Å². The van der Waals surface area contributed by atoms with Crippen molar-refractivity contribution in [3.05, 3.63) is 40.5 Å². The molecule has 0 aliphatic rings. The number of aromatic amines is 1. The summed E-state index contributed by atoms with van der Waals surface area (Å²) in [6.07, 6.45) is 0.941. The monoisotopic (exact) mass is 279 g/mol. The molecule has 0 saturated carbocycles. The molecule has 0 unspecified atom stereocenters. The summed E-state index contributed by atoms with van der Waals surface area (Å²) >= 11 is 3.60. The molecule has 0 aliphatic heterocycles. The minimum absolute atomic E-state index is 0.940. The van der Waals surface area contributed by atoms with Crippen LogP contribution in [0.2, 0.25) is 0 Å². The van der Waals surface area contributed by atoms with E-state index < -0.39 is 0 Å². The van der Waals surface area contributed by atoms with E-state index in [1.165, 1.54) is 0 Å². The highest BCUT2D eigenvalue weighted by atomic mass is 79.9. The molecule has 16 heavy (non-hydrogen) atoms. The van der Waals surface area contributed by atoms with Gasteiger partial charge in [-0.1, -0.05) is 30.3 Å². The number of likely N-dealkylation sites (N-methyl/N-ethyl adjacent to an activating group) is 1. The average Bonchev–Trinajstić information content (AvgIpc) is 2.69. The van der Waals surface area contributed by atoms with E-state index in [-0.39, 0.29) is 0 Å². The molecule has 2 rings (SSSR count). The van der Waals surface area contributed by atoms with Gasteiger partial charge in [-0.05, 0) is 23.0 Å². The van der Waals surface area contributed by atoms with Gasteiger partial charge < -0.3 is 5.32 Å². The number of benzene rings is 1. The van der Waals surface area contributed by atoms with E-state index in [0.717, 1.165) is 34.4 Å². The fraction of sp³-hybridized carbons (Fsp3) is 0.250. The van der Waals surface area contributed by atoms with Crippen LogP contribution in [0, 0.1) is 0 Å². The Morgan fingerprint density at radius 3 is 2.75 bits per heavy atom. The summed E-state index contributed by atoms with van der Waals surface area (Å²) in [5.41, 5.74) is 3.24. The van der Waals surface area contributed by atoms with Crippen LogP contribution >= 0.6 is 15.9 Å². The molecule has 1 aromatic heterocycles. The lowest BCUT2D eigenvalue weighted by atomic mass is 10.1. The van der Waals surface area contributed by atoms with E-state index in [2.05, 4.69) is 43.6 Å². The van der Waals surface area contributed by atoms with Crippen molar-refractivity contribution in [1.29, 1.82) is 0 Å². The van der Waals surface area contributed by atoms with Gasteiger partial charge in [0.2, 0.25) is 0 Å². The zero-order chi connectivity index (χ0) is 11.4. The number of aromatic nitrogens is 2. The SMILES string of the molecule is CNCCc1[nH]nc(-c2ccccc2)c1Br. The lowest BCUT2D eigenvalue weighted by molar-refractivity contribution is 0.770. The highest BCUT2D eigenvalue weighted by molar-refractivity contribution is 9.10. The van der Waals surface area contributed by atoms with Gasteiger partial charge in [0.25, 0.3) is 0 Å². The van der Waals surface area contributed by atoms with E-state index in [4.69, 9.17) is 0 Å². The minimum atomic E-state index is 0.940. The van der Waals surface area contributed by atoms with Crippen LogP contribution in [0.4, 0.5) is 0 Å². The van der Waals surface area contributed by atoms with Crippen LogP contribution in [-0.2, 0) is 6.42 Å². The first-order chi connectivity index (χ1) is 7.83. The highest BCUT2D eigenvalue weighted by Crippen LogP contribution is 2.28. The Morgan fingerprint density at radius 2 is 2.06 bits per heavy atom. The molecule has 0 saturated heterocycles. The summed E-state index contributed by atoms with van der Waals surface area (Å²) in [4.78, 5) is 0. The first-order valence-electron chi connectivity index (χ1n) is 5.25. The van der Waals surface area contributed by atoms with Crippen molar-refractivity contribution < 1.29 is 0 Å². The van der Waals surface area contributed by atoms with Gasteiger partial charge in [0, 0.05) is 18.5 Å². The van der Waals surface area contributed by atoms with Crippen molar-refractivity contribution in [2.45, 2.75) is 6.42 Å². The predicted octanol–water partition coefficient (Wildman–Crippen LogP) is 2.60. The maximum Gasteiger partial charge on any atom is 0.107 e. The molecule has 0 radical (unpaired) electrons. The van der Waals surface area contributed by atoms with Crippen LogP contribution in [0.3, 0.4) is 0 Å². The van der Waals surface area contributed by atoms with Gasteiger partial charge in [0.05, 0.1) is 10.2 Å². The molecule has 0 amide bonds. The maximum atomic E-state index is 4.34. The number of halogens is 1. The second-order valence-corrected chi connectivity index (χ2v) is 4.38. The molecular weight excluding hydrogens is 266 g/mol. The third-order valence-corrected chi connectivity index (χ3v) is 3.30. The average molecular weight is 280 g/mol. The smallest absolute Gasteiger partial charge is 0.107 e. The number of rotatable bonds is 4. The molecule has 0 atom stereocenters. The zero-order valence-electron chi connectivity index (χ0n) is 9.13. The molecule has 0 bridgehead atoms. The van der Waals surface area contributed by atoms with Crippen molar-refractivity contribution in [3.63, 3.8) is 0 Å². The molecule has 2 N–H and O–H groups in total. The lowest BCUT2D eigenvalue weighted by Crippen LogP contribution is -2.10. The standard InChI is InChI=1S/C12H14BrN3/c1-14-8-7-10-11(13)12(16-15-10)9-5-3-2-4-6-9/h2-6,14H,7-8H2,1H3,(H,15,16). The van der Waals surface area contributed by atoms with Gasteiger partial charge in [0.1, 0.15) is 5.69 Å². The largest absolute Gasteiger partial charge is 0.319 e. The van der Waals surface area contributed by atoms with Crippen LogP contribution in [0.5, 0.6) is 0 Å². The summed E-state index contributed by atoms with van der Waals surface area (Å²) in [5.74, 6) is 0. The van der Waals surface area contributed by atoms with Crippen LogP contribution in [0.1, 0.15) is 5.69 Å². The van der Waals surface area contributed by atoms with Crippen molar-refractivity contribution in [2.24, 2.45) is 0 Å². The van der Waals surface area contributed by atoms with Crippen molar-refractivity contribution in [3.8, 4) is 11.3 Å². The Hall–Kier alpha value is -1.13. The van der Waals surface area contributed by atoms with Crippen LogP contribution in [-0.4, -0.2) is 23.8 Å². The lowest BCUT2D eigenvalue weighted by Gasteiger charge is -1.99. The highest BCUT2D eigenvalue weighted by Gasteiger charge is 2.11. The number of nitrogens with one attached hydrogen (secondary N) is 2. The molecule has 4 heteroatoms. The normalized spacial score (nSPS) is 10.6. The fourth-order valence-electron chi connectivity index (χ4n) is 1.57. The van der Waals surface area contributed by atoms with Gasteiger partial charge in [-0.2, -0.15) is 5.10 Å². The first-order valence-corrected chi connectivity index (χ1v) is 6.05. The Balaban J connectivity index is 2.27. The molecule has 0 aliphatic carbocycles. The third-order valence-electron chi connectivity index (χ3n) is 2.45. The van der Waals surface area contributed by atoms with Gasteiger partial charge >= 0.3 is 0 Å². The molecule has 1 heterocycles. The summed E-state index contributed by atoms with van der Waals surface area (Å²) in [6.45, 7) is 0.940. The Labute approximate surface area is 103 Å². The van der Waals surface area contributed by atoms with Crippen LogP contribution in [0.25, 0.3) is 11.3 Å². The fourth-order valence-corrected chi connectivity index (χ4v) is 2.17. The zero-order valence-corrected chi connectivity index (χ0v) is 10.7. The first kappa shape index (κ1) is 11.4. The second-order valence-electron chi connectivity index (χ2n) is 3.58. The van der Waals surface area contributed by atoms with Gasteiger partial charge in [-0.3, -0.25) is 5.10 Å². The Kier molecular flexibility index (Phi) is 3.74. The predicted molar refractivity (Wildman–Crippen MR) is 69.4 cm³/mol. The molecular formula is C12H14BrN3. The van der Waals surface area contributed by atoms with E-state index in [9.17, 15) is 0 Å². The van der Waals surface area contributed by atoms with Crippen LogP contribution in [0.15, 0.2) is 34.8 Å². The molecule has 2 aromatic rings.